The van der Waals surface area contributed by atoms with Crippen molar-refractivity contribution in [2.75, 3.05) is 12.3 Å². The molecule has 0 saturated carbocycles. The summed E-state index contributed by atoms with van der Waals surface area (Å²) in [5.74, 6) is 1.17. The zero-order valence-electron chi connectivity index (χ0n) is 14.3. The maximum Gasteiger partial charge on any atom is 0.220 e. The number of nitrogens with two attached hydrogens (primary N) is 1. The lowest BCUT2D eigenvalue weighted by Crippen LogP contribution is -2.23. The summed E-state index contributed by atoms with van der Waals surface area (Å²) >= 11 is 0. The minimum absolute atomic E-state index is 0.0116. The first kappa shape index (κ1) is 17.8. The van der Waals surface area contributed by atoms with Crippen LogP contribution in [0.4, 0.5) is 5.69 Å². The SMILES string of the molecule is CC(C)COc1ccc(CCC(=O)NCc2cccnc2)cc1N. The lowest BCUT2D eigenvalue weighted by molar-refractivity contribution is -0.121. The van der Waals surface area contributed by atoms with E-state index < -0.39 is 0 Å². The number of aryl methyl sites for hydroxylation is 1. The number of amides is 1. The molecule has 0 aliphatic rings. The van der Waals surface area contributed by atoms with Gasteiger partial charge in [-0.05, 0) is 41.7 Å². The third-order valence-electron chi connectivity index (χ3n) is 3.50. The van der Waals surface area contributed by atoms with Crippen LogP contribution in [0.5, 0.6) is 5.75 Å². The van der Waals surface area contributed by atoms with Crippen LogP contribution < -0.4 is 15.8 Å². The summed E-state index contributed by atoms with van der Waals surface area (Å²) in [5.41, 5.74) is 8.65. The molecule has 1 aromatic carbocycles. The average Bonchev–Trinajstić information content (AvgIpc) is 2.58. The first-order chi connectivity index (χ1) is 11.5. The summed E-state index contributed by atoms with van der Waals surface area (Å²) in [7, 11) is 0. The summed E-state index contributed by atoms with van der Waals surface area (Å²) in [4.78, 5) is 16.0. The number of nitrogens with one attached hydrogen (secondary N) is 1. The third kappa shape index (κ3) is 5.91. The van der Waals surface area contributed by atoms with Gasteiger partial charge in [0, 0.05) is 25.4 Å². The first-order valence-electron chi connectivity index (χ1n) is 8.21. The molecule has 0 atom stereocenters. The smallest absolute Gasteiger partial charge is 0.220 e. The number of hydrogen-bond donors (Lipinski definition) is 2. The second-order valence-electron chi connectivity index (χ2n) is 6.22. The van der Waals surface area contributed by atoms with Crippen molar-refractivity contribution >= 4 is 11.6 Å². The van der Waals surface area contributed by atoms with Gasteiger partial charge in [-0.15, -0.1) is 0 Å². The van der Waals surface area contributed by atoms with E-state index in [0.717, 1.165) is 11.1 Å². The van der Waals surface area contributed by atoms with Crippen LogP contribution in [0.25, 0.3) is 0 Å². The second-order valence-corrected chi connectivity index (χ2v) is 6.22. The van der Waals surface area contributed by atoms with Crippen molar-refractivity contribution in [1.29, 1.82) is 0 Å². The molecule has 0 bridgehead atoms. The Hall–Kier alpha value is -2.56. The van der Waals surface area contributed by atoms with Gasteiger partial charge in [0.2, 0.25) is 5.91 Å². The Morgan fingerprint density at radius 3 is 2.79 bits per heavy atom. The maximum atomic E-state index is 11.9. The topological polar surface area (TPSA) is 77.2 Å². The van der Waals surface area contributed by atoms with Crippen LogP contribution in [0.3, 0.4) is 0 Å². The molecule has 0 aliphatic carbocycles. The van der Waals surface area contributed by atoms with Gasteiger partial charge in [0.25, 0.3) is 0 Å². The fraction of sp³-hybridized carbons (Fsp3) is 0.368. The summed E-state index contributed by atoms with van der Waals surface area (Å²) in [5, 5.41) is 2.89. The summed E-state index contributed by atoms with van der Waals surface area (Å²) < 4.78 is 5.66. The van der Waals surface area contributed by atoms with E-state index in [-0.39, 0.29) is 5.91 Å². The van der Waals surface area contributed by atoms with Crippen molar-refractivity contribution in [1.82, 2.24) is 10.3 Å². The zero-order chi connectivity index (χ0) is 17.4. The fourth-order valence-corrected chi connectivity index (χ4v) is 2.19. The van der Waals surface area contributed by atoms with Crippen LogP contribution in [0.15, 0.2) is 42.7 Å². The highest BCUT2D eigenvalue weighted by atomic mass is 16.5. The van der Waals surface area contributed by atoms with Gasteiger partial charge in [-0.2, -0.15) is 0 Å². The Morgan fingerprint density at radius 2 is 2.12 bits per heavy atom. The lowest BCUT2D eigenvalue weighted by atomic mass is 10.1. The number of carbonyl (C=O) groups is 1. The van der Waals surface area contributed by atoms with Crippen LogP contribution in [0.1, 0.15) is 31.4 Å². The van der Waals surface area contributed by atoms with Gasteiger partial charge in [0.15, 0.2) is 0 Å². The molecule has 128 valence electrons. The van der Waals surface area contributed by atoms with Gasteiger partial charge >= 0.3 is 0 Å². The molecule has 0 unspecified atom stereocenters. The number of benzene rings is 1. The third-order valence-corrected chi connectivity index (χ3v) is 3.50. The molecule has 0 aliphatic heterocycles. The van der Waals surface area contributed by atoms with Crippen LogP contribution in [0.2, 0.25) is 0 Å². The minimum atomic E-state index is 0.0116. The van der Waals surface area contributed by atoms with E-state index in [1.54, 1.807) is 12.4 Å². The monoisotopic (exact) mass is 327 g/mol. The summed E-state index contributed by atoms with van der Waals surface area (Å²) in [6.07, 6.45) is 4.53. The second kappa shape index (κ2) is 8.91. The van der Waals surface area contributed by atoms with Gasteiger partial charge in [-0.1, -0.05) is 26.0 Å². The molecule has 1 aromatic heterocycles. The Bertz CT molecular complexity index is 657. The highest BCUT2D eigenvalue weighted by Gasteiger charge is 2.06. The van der Waals surface area contributed by atoms with E-state index in [1.807, 2.05) is 30.3 Å². The van der Waals surface area contributed by atoms with E-state index in [4.69, 9.17) is 10.5 Å². The highest BCUT2D eigenvalue weighted by Crippen LogP contribution is 2.23. The van der Waals surface area contributed by atoms with Crippen LogP contribution in [-0.4, -0.2) is 17.5 Å². The molecule has 0 radical (unpaired) electrons. The molecule has 1 amide bonds. The number of rotatable bonds is 8. The molecule has 0 spiro atoms. The summed E-state index contributed by atoms with van der Waals surface area (Å²) in [6.45, 7) is 5.32. The fourth-order valence-electron chi connectivity index (χ4n) is 2.19. The Morgan fingerprint density at radius 1 is 1.29 bits per heavy atom. The molecule has 0 saturated heterocycles. The van der Waals surface area contributed by atoms with Crippen LogP contribution >= 0.6 is 0 Å². The molecule has 3 N–H and O–H groups in total. The van der Waals surface area contributed by atoms with Crippen LogP contribution in [-0.2, 0) is 17.8 Å². The normalized spacial score (nSPS) is 10.6. The molecule has 0 fully saturated rings. The standard InChI is InChI=1S/C19H25N3O2/c1-14(2)13-24-18-7-5-15(10-17(18)20)6-8-19(23)22-12-16-4-3-9-21-11-16/h3-5,7,9-11,14H,6,8,12-13,20H2,1-2H3,(H,22,23). The molecule has 1 heterocycles. The zero-order valence-corrected chi connectivity index (χ0v) is 14.3. The van der Waals surface area contributed by atoms with Crippen molar-refractivity contribution in [3.05, 3.63) is 53.9 Å². The van der Waals surface area contributed by atoms with Gasteiger partial charge in [-0.3, -0.25) is 9.78 Å². The quantitative estimate of drug-likeness (QED) is 0.731. The van der Waals surface area contributed by atoms with E-state index in [9.17, 15) is 4.79 Å². The van der Waals surface area contributed by atoms with E-state index in [2.05, 4.69) is 24.1 Å². The molecular weight excluding hydrogens is 302 g/mol. The van der Waals surface area contributed by atoms with Gasteiger partial charge in [0.05, 0.1) is 12.3 Å². The van der Waals surface area contributed by atoms with Gasteiger partial charge in [0.1, 0.15) is 5.75 Å². The van der Waals surface area contributed by atoms with E-state index in [1.165, 1.54) is 0 Å². The molecule has 5 nitrogen and oxygen atoms in total. The van der Waals surface area contributed by atoms with Gasteiger partial charge in [-0.25, -0.2) is 0 Å². The highest BCUT2D eigenvalue weighted by molar-refractivity contribution is 5.76. The number of hydrogen-bond acceptors (Lipinski definition) is 4. The number of pyridine rings is 1. The van der Waals surface area contributed by atoms with Gasteiger partial charge < -0.3 is 15.8 Å². The first-order valence-corrected chi connectivity index (χ1v) is 8.21. The largest absolute Gasteiger partial charge is 0.491 e. The van der Waals surface area contributed by atoms with Crippen molar-refractivity contribution < 1.29 is 9.53 Å². The van der Waals surface area contributed by atoms with Crippen molar-refractivity contribution in [3.63, 3.8) is 0 Å². The molecule has 5 heteroatoms. The minimum Gasteiger partial charge on any atom is -0.491 e. The maximum absolute atomic E-state index is 11.9. The number of nitrogens with zero attached hydrogens (tertiary/aromatic N) is 1. The number of nitrogen functional groups attached to an aromatic ring is 1. The molecule has 2 aromatic rings. The van der Waals surface area contributed by atoms with Crippen molar-refractivity contribution in [2.45, 2.75) is 33.2 Å². The number of anilines is 1. The molecule has 24 heavy (non-hydrogen) atoms. The number of aromatic nitrogens is 1. The number of carbonyl (C=O) groups excluding carboxylic acids is 1. The van der Waals surface area contributed by atoms with E-state index in [0.29, 0.717) is 43.3 Å². The predicted molar refractivity (Wildman–Crippen MR) is 95.6 cm³/mol. The van der Waals surface area contributed by atoms with Crippen molar-refractivity contribution in [2.24, 2.45) is 5.92 Å². The predicted octanol–water partition coefficient (Wildman–Crippen LogP) is 2.95. The lowest BCUT2D eigenvalue weighted by Gasteiger charge is -2.12. The van der Waals surface area contributed by atoms with E-state index >= 15 is 0 Å². The van der Waals surface area contributed by atoms with Crippen LogP contribution in [0, 0.1) is 5.92 Å². The molecular formula is C19H25N3O2. The summed E-state index contributed by atoms with van der Waals surface area (Å²) in [6, 6.07) is 9.50. The Kier molecular flexibility index (Phi) is 6.61. The average molecular weight is 327 g/mol. The Labute approximate surface area is 143 Å². The Balaban J connectivity index is 1.79. The van der Waals surface area contributed by atoms with Crippen molar-refractivity contribution in [3.8, 4) is 5.75 Å². The molecule has 2 rings (SSSR count). The number of ether oxygens (including phenoxy) is 1.